The van der Waals surface area contributed by atoms with Gasteiger partial charge in [0.1, 0.15) is 0 Å². The van der Waals surface area contributed by atoms with Gasteiger partial charge in [0.25, 0.3) is 0 Å². The third-order valence-electron chi connectivity index (χ3n) is 5.40. The first-order chi connectivity index (χ1) is 12.6. The molecule has 2 aromatic carbocycles. The lowest BCUT2D eigenvalue weighted by atomic mass is 9.89. The summed E-state index contributed by atoms with van der Waals surface area (Å²) in [5.41, 5.74) is 4.18. The summed E-state index contributed by atoms with van der Waals surface area (Å²) in [6.45, 7) is 13.2. The summed E-state index contributed by atoms with van der Waals surface area (Å²) in [5, 5.41) is 0. The first-order valence-electron chi connectivity index (χ1n) is 9.89. The molecule has 0 radical (unpaired) electrons. The maximum absolute atomic E-state index is 13.6. The van der Waals surface area contributed by atoms with Crippen molar-refractivity contribution in [1.29, 1.82) is 0 Å². The normalized spacial score (nSPS) is 19.9. The Kier molecular flexibility index (Phi) is 5.51. The SMILES string of the molecule is CC(C)c1cc(C(C)C)c(S(=O)(=O)N2C[C@@H]2c2ccccc2)c(C(C)C)c1. The van der Waals surface area contributed by atoms with E-state index in [-0.39, 0.29) is 17.9 Å². The van der Waals surface area contributed by atoms with Crippen LogP contribution in [0.15, 0.2) is 47.4 Å². The Labute approximate surface area is 164 Å². The maximum Gasteiger partial charge on any atom is 0.244 e. The molecule has 0 saturated carbocycles. The molecule has 0 spiro atoms. The minimum atomic E-state index is -3.52. The van der Waals surface area contributed by atoms with Gasteiger partial charge < -0.3 is 0 Å². The van der Waals surface area contributed by atoms with Crippen molar-refractivity contribution in [3.8, 4) is 0 Å². The number of nitrogens with zero attached hydrogens (tertiary/aromatic N) is 1. The predicted octanol–water partition coefficient (Wildman–Crippen LogP) is 5.80. The lowest BCUT2D eigenvalue weighted by molar-refractivity contribution is 0.549. The average molecular weight is 386 g/mol. The van der Waals surface area contributed by atoms with Crippen LogP contribution in [0, 0.1) is 0 Å². The quantitative estimate of drug-likeness (QED) is 0.589. The molecule has 27 heavy (non-hydrogen) atoms. The molecule has 1 fully saturated rings. The summed E-state index contributed by atoms with van der Waals surface area (Å²) in [7, 11) is -3.52. The largest absolute Gasteiger partial charge is 0.244 e. The van der Waals surface area contributed by atoms with Crippen LogP contribution >= 0.6 is 0 Å². The van der Waals surface area contributed by atoms with Gasteiger partial charge in [-0.25, -0.2) is 8.42 Å². The molecule has 2 aromatic rings. The molecule has 0 aliphatic carbocycles. The smallest absolute Gasteiger partial charge is 0.207 e. The minimum absolute atomic E-state index is 0.0407. The third-order valence-corrected chi connectivity index (χ3v) is 7.41. The summed E-state index contributed by atoms with van der Waals surface area (Å²) >= 11 is 0. The van der Waals surface area contributed by atoms with Gasteiger partial charge in [0, 0.05) is 6.54 Å². The number of hydrogen-bond acceptors (Lipinski definition) is 2. The lowest BCUT2D eigenvalue weighted by Crippen LogP contribution is -2.19. The zero-order valence-electron chi connectivity index (χ0n) is 17.2. The van der Waals surface area contributed by atoms with E-state index in [1.165, 1.54) is 5.56 Å². The van der Waals surface area contributed by atoms with Crippen LogP contribution in [0.5, 0.6) is 0 Å². The molecule has 1 heterocycles. The van der Waals surface area contributed by atoms with Crippen molar-refractivity contribution < 1.29 is 8.42 Å². The molecule has 1 unspecified atom stereocenters. The van der Waals surface area contributed by atoms with Gasteiger partial charge >= 0.3 is 0 Å². The maximum atomic E-state index is 13.6. The Morgan fingerprint density at radius 1 is 0.852 bits per heavy atom. The molecule has 1 aliphatic heterocycles. The van der Waals surface area contributed by atoms with Crippen LogP contribution in [-0.2, 0) is 10.0 Å². The van der Waals surface area contributed by atoms with Crippen molar-refractivity contribution in [3.63, 3.8) is 0 Å². The van der Waals surface area contributed by atoms with Crippen LogP contribution in [0.1, 0.15) is 87.6 Å². The molecule has 0 N–H and O–H groups in total. The molecule has 1 saturated heterocycles. The van der Waals surface area contributed by atoms with E-state index in [9.17, 15) is 8.42 Å². The highest BCUT2D eigenvalue weighted by Crippen LogP contribution is 2.44. The van der Waals surface area contributed by atoms with E-state index in [1.807, 2.05) is 30.3 Å². The highest BCUT2D eigenvalue weighted by Gasteiger charge is 2.47. The van der Waals surface area contributed by atoms with E-state index in [2.05, 4.69) is 53.7 Å². The van der Waals surface area contributed by atoms with E-state index < -0.39 is 10.0 Å². The monoisotopic (exact) mass is 385 g/mol. The highest BCUT2D eigenvalue weighted by molar-refractivity contribution is 7.89. The van der Waals surface area contributed by atoms with E-state index in [0.717, 1.165) is 16.7 Å². The topological polar surface area (TPSA) is 37.1 Å². The van der Waals surface area contributed by atoms with Crippen LogP contribution in [0.2, 0.25) is 0 Å². The van der Waals surface area contributed by atoms with Crippen LogP contribution in [0.4, 0.5) is 0 Å². The average Bonchev–Trinajstić information content (AvgIpc) is 3.42. The zero-order valence-corrected chi connectivity index (χ0v) is 18.0. The first kappa shape index (κ1) is 20.1. The second-order valence-corrected chi connectivity index (χ2v) is 10.3. The van der Waals surface area contributed by atoms with Gasteiger partial charge in [-0.2, -0.15) is 4.31 Å². The van der Waals surface area contributed by atoms with Crippen molar-refractivity contribution in [2.45, 2.75) is 70.2 Å². The highest BCUT2D eigenvalue weighted by atomic mass is 32.2. The molecule has 0 amide bonds. The number of rotatable bonds is 6. The van der Waals surface area contributed by atoms with Gasteiger partial charge in [0.15, 0.2) is 0 Å². The van der Waals surface area contributed by atoms with Crippen molar-refractivity contribution in [2.24, 2.45) is 0 Å². The van der Waals surface area contributed by atoms with Crippen LogP contribution < -0.4 is 0 Å². The summed E-state index contributed by atoms with van der Waals surface area (Å²) in [5.74, 6) is 0.678. The lowest BCUT2D eigenvalue weighted by Gasteiger charge is -2.23. The molecule has 4 heteroatoms. The Morgan fingerprint density at radius 3 is 1.81 bits per heavy atom. The van der Waals surface area contributed by atoms with E-state index in [4.69, 9.17) is 0 Å². The molecule has 146 valence electrons. The number of hydrogen-bond donors (Lipinski definition) is 0. The molecule has 0 bridgehead atoms. The summed E-state index contributed by atoms with van der Waals surface area (Å²) in [6.07, 6.45) is 0. The van der Waals surface area contributed by atoms with Gasteiger partial charge in [-0.3, -0.25) is 0 Å². The summed E-state index contributed by atoms with van der Waals surface area (Å²) < 4.78 is 28.9. The summed E-state index contributed by atoms with van der Waals surface area (Å²) in [6, 6.07) is 14.1. The Bertz CT molecular complexity index is 886. The van der Waals surface area contributed by atoms with E-state index in [0.29, 0.717) is 17.4 Å². The fourth-order valence-electron chi connectivity index (χ4n) is 3.64. The minimum Gasteiger partial charge on any atom is -0.207 e. The van der Waals surface area contributed by atoms with Gasteiger partial charge in [-0.1, -0.05) is 84.0 Å². The molecular weight excluding hydrogens is 354 g/mol. The number of benzene rings is 2. The fraction of sp³-hybridized carbons (Fsp3) is 0.478. The molecular formula is C23H31NO2S. The van der Waals surface area contributed by atoms with Gasteiger partial charge in [-0.05, 0) is 40.0 Å². The first-order valence-corrected chi connectivity index (χ1v) is 11.3. The van der Waals surface area contributed by atoms with Crippen molar-refractivity contribution in [3.05, 3.63) is 64.7 Å². The Morgan fingerprint density at radius 2 is 1.37 bits per heavy atom. The molecule has 2 atom stereocenters. The molecule has 3 nitrogen and oxygen atoms in total. The van der Waals surface area contributed by atoms with Gasteiger partial charge in [-0.15, -0.1) is 0 Å². The molecule has 1 aliphatic rings. The van der Waals surface area contributed by atoms with Crippen molar-refractivity contribution in [1.82, 2.24) is 4.31 Å². The fourth-order valence-corrected chi connectivity index (χ4v) is 5.85. The van der Waals surface area contributed by atoms with E-state index in [1.54, 1.807) is 4.31 Å². The molecule has 0 aromatic heterocycles. The van der Waals surface area contributed by atoms with Crippen LogP contribution in [0.3, 0.4) is 0 Å². The second kappa shape index (κ2) is 7.40. The third kappa shape index (κ3) is 3.83. The predicted molar refractivity (Wildman–Crippen MR) is 112 cm³/mol. The summed E-state index contributed by atoms with van der Waals surface area (Å²) in [4.78, 5) is 0.537. The Hall–Kier alpha value is -1.65. The van der Waals surface area contributed by atoms with Gasteiger partial charge in [0.2, 0.25) is 10.0 Å². The van der Waals surface area contributed by atoms with Crippen molar-refractivity contribution in [2.75, 3.05) is 6.54 Å². The standard InChI is InChI=1S/C23H31NO2S/c1-15(2)19-12-20(16(3)4)23(21(13-19)17(5)6)27(25,26)24-14-22(24)18-10-8-7-9-11-18/h7-13,15-17,22H,14H2,1-6H3/t22-,24?/m1/s1. The zero-order chi connectivity index (χ0) is 19.9. The molecule has 3 rings (SSSR count). The van der Waals surface area contributed by atoms with Crippen LogP contribution in [-0.4, -0.2) is 19.3 Å². The second-order valence-electron chi connectivity index (χ2n) is 8.49. The number of sulfonamides is 1. The van der Waals surface area contributed by atoms with E-state index >= 15 is 0 Å². The van der Waals surface area contributed by atoms with Gasteiger partial charge in [0.05, 0.1) is 10.9 Å². The van der Waals surface area contributed by atoms with Crippen molar-refractivity contribution >= 4 is 10.0 Å². The Balaban J connectivity index is 2.12. The van der Waals surface area contributed by atoms with Crippen LogP contribution in [0.25, 0.3) is 0 Å².